The van der Waals surface area contributed by atoms with Crippen LogP contribution in [-0.4, -0.2) is 4.57 Å². The largest absolute Gasteiger partial charge is 0.310 e. The molecule has 0 N–H and O–H groups in total. The van der Waals surface area contributed by atoms with Gasteiger partial charge in [0.05, 0.1) is 16.7 Å². The van der Waals surface area contributed by atoms with Gasteiger partial charge in [-0.1, -0.05) is 158 Å². The molecule has 0 aliphatic rings. The van der Waals surface area contributed by atoms with Crippen LogP contribution in [0.5, 0.6) is 0 Å². The Labute approximate surface area is 315 Å². The number of para-hydroxylation sites is 2. The van der Waals surface area contributed by atoms with Crippen LogP contribution in [0.4, 0.5) is 17.1 Å². The minimum absolute atomic E-state index is 1.09. The van der Waals surface area contributed by atoms with E-state index >= 15 is 0 Å². The first-order valence-corrected chi connectivity index (χ1v) is 18.5. The van der Waals surface area contributed by atoms with E-state index in [1.54, 1.807) is 0 Å². The molecule has 0 fully saturated rings. The number of aromatic nitrogens is 1. The summed E-state index contributed by atoms with van der Waals surface area (Å²) >= 11 is 0. The van der Waals surface area contributed by atoms with Crippen molar-refractivity contribution < 1.29 is 0 Å². The topological polar surface area (TPSA) is 8.17 Å². The highest BCUT2D eigenvalue weighted by molar-refractivity contribution is 6.16. The molecule has 10 aromatic rings. The maximum absolute atomic E-state index is 2.42. The summed E-state index contributed by atoms with van der Waals surface area (Å²) in [4.78, 5) is 2.42. The minimum atomic E-state index is 1.09. The van der Waals surface area contributed by atoms with Gasteiger partial charge in [0.25, 0.3) is 0 Å². The van der Waals surface area contributed by atoms with Crippen LogP contribution in [0.1, 0.15) is 0 Å². The zero-order valence-electron chi connectivity index (χ0n) is 29.7. The lowest BCUT2D eigenvalue weighted by molar-refractivity contribution is 1.18. The van der Waals surface area contributed by atoms with Gasteiger partial charge in [-0.15, -0.1) is 0 Å². The third-order valence-corrected chi connectivity index (χ3v) is 10.6. The van der Waals surface area contributed by atoms with E-state index in [1.165, 1.54) is 66.0 Å². The fourth-order valence-corrected chi connectivity index (χ4v) is 8.04. The second-order valence-electron chi connectivity index (χ2n) is 13.8. The average molecular weight is 689 g/mol. The number of hydrogen-bond donors (Lipinski definition) is 0. The normalized spacial score (nSPS) is 11.3. The predicted molar refractivity (Wildman–Crippen MR) is 229 cm³/mol. The maximum Gasteiger partial charge on any atom is 0.0547 e. The van der Waals surface area contributed by atoms with Crippen LogP contribution in [0.2, 0.25) is 0 Å². The Hall–Kier alpha value is -7.16. The van der Waals surface area contributed by atoms with E-state index in [4.69, 9.17) is 0 Å². The fraction of sp³-hybridized carbons (Fsp3) is 0. The van der Waals surface area contributed by atoms with E-state index < -0.39 is 0 Å². The highest BCUT2D eigenvalue weighted by atomic mass is 15.1. The summed E-state index contributed by atoms with van der Waals surface area (Å²) in [5, 5.41) is 4.95. The zero-order chi connectivity index (χ0) is 35.8. The third-order valence-electron chi connectivity index (χ3n) is 10.6. The van der Waals surface area contributed by atoms with E-state index in [-0.39, 0.29) is 0 Å². The Morgan fingerprint density at radius 1 is 0.333 bits per heavy atom. The molecule has 0 saturated carbocycles. The van der Waals surface area contributed by atoms with Crippen LogP contribution in [0.25, 0.3) is 71.6 Å². The van der Waals surface area contributed by atoms with Crippen molar-refractivity contribution in [1.29, 1.82) is 0 Å². The Morgan fingerprint density at radius 3 is 1.69 bits per heavy atom. The van der Waals surface area contributed by atoms with Crippen molar-refractivity contribution in [3.63, 3.8) is 0 Å². The Kier molecular flexibility index (Phi) is 7.85. The summed E-state index contributed by atoms with van der Waals surface area (Å²) in [5.41, 5.74) is 14.0. The lowest BCUT2D eigenvalue weighted by Gasteiger charge is -2.28. The summed E-state index contributed by atoms with van der Waals surface area (Å²) in [5.74, 6) is 0. The van der Waals surface area contributed by atoms with Crippen molar-refractivity contribution in [3.05, 3.63) is 218 Å². The van der Waals surface area contributed by atoms with Crippen LogP contribution in [0.3, 0.4) is 0 Å². The van der Waals surface area contributed by atoms with Crippen LogP contribution in [-0.2, 0) is 0 Å². The molecular weight excluding hydrogens is 653 g/mol. The molecule has 0 radical (unpaired) electrons. The van der Waals surface area contributed by atoms with Gasteiger partial charge >= 0.3 is 0 Å². The van der Waals surface area contributed by atoms with Gasteiger partial charge in [-0.05, 0) is 99.3 Å². The molecule has 0 unspecified atom stereocenters. The summed E-state index contributed by atoms with van der Waals surface area (Å²) in [6, 6.07) is 78.9. The first-order chi connectivity index (χ1) is 26.8. The van der Waals surface area contributed by atoms with E-state index in [0.29, 0.717) is 0 Å². The Morgan fingerprint density at radius 2 is 0.926 bits per heavy atom. The predicted octanol–water partition coefficient (Wildman–Crippen LogP) is 14.4. The summed E-state index contributed by atoms with van der Waals surface area (Å²) in [6.07, 6.45) is 0. The molecule has 9 aromatic carbocycles. The van der Waals surface area contributed by atoms with Gasteiger partial charge in [-0.3, -0.25) is 0 Å². The van der Waals surface area contributed by atoms with Gasteiger partial charge in [0.15, 0.2) is 0 Å². The number of nitrogens with zero attached hydrogens (tertiary/aromatic N) is 2. The van der Waals surface area contributed by atoms with Gasteiger partial charge in [-0.25, -0.2) is 0 Å². The molecule has 254 valence electrons. The molecule has 2 heteroatoms. The van der Waals surface area contributed by atoms with Gasteiger partial charge in [0.2, 0.25) is 0 Å². The molecular formula is C52H36N2. The molecule has 0 saturated heterocycles. The molecule has 0 bridgehead atoms. The smallest absolute Gasteiger partial charge is 0.0547 e. The third kappa shape index (κ3) is 5.53. The highest BCUT2D eigenvalue weighted by Gasteiger charge is 2.21. The second kappa shape index (κ2) is 13.4. The Balaban J connectivity index is 1.21. The Bertz CT molecular complexity index is 2910. The molecule has 54 heavy (non-hydrogen) atoms. The summed E-state index contributed by atoms with van der Waals surface area (Å²) in [6.45, 7) is 0. The molecule has 0 amide bonds. The standard InChI is InChI=1S/C52H36N2/c1-4-16-39(17-5-1)46-23-12-13-25-49(46)53(44-31-29-38(30-32-44)42-28-27-37-15-10-11-20-41(37)35-42)45-33-34-50-48(36-45)52-47(40-18-6-2-7-19-40)24-14-26-51(52)54(50)43-21-8-3-9-22-43/h1-36H. The second-order valence-corrected chi connectivity index (χ2v) is 13.8. The number of benzene rings is 9. The average Bonchev–Trinajstić information content (AvgIpc) is 3.59. The first-order valence-electron chi connectivity index (χ1n) is 18.5. The summed E-state index contributed by atoms with van der Waals surface area (Å²) in [7, 11) is 0. The quantitative estimate of drug-likeness (QED) is 0.162. The van der Waals surface area contributed by atoms with Crippen LogP contribution < -0.4 is 4.90 Å². The minimum Gasteiger partial charge on any atom is -0.310 e. The van der Waals surface area contributed by atoms with Gasteiger partial charge in [-0.2, -0.15) is 0 Å². The SMILES string of the molecule is c1ccc(-c2ccccc2N(c2ccc(-c3ccc4ccccc4c3)cc2)c2ccc3c(c2)c2c(-c4ccccc4)cccc2n3-c2ccccc2)cc1. The monoisotopic (exact) mass is 688 g/mol. The van der Waals surface area contributed by atoms with Crippen LogP contribution >= 0.6 is 0 Å². The fourth-order valence-electron chi connectivity index (χ4n) is 8.04. The number of hydrogen-bond acceptors (Lipinski definition) is 1. The number of rotatable bonds is 7. The number of fused-ring (bicyclic) bond motifs is 4. The van der Waals surface area contributed by atoms with Gasteiger partial charge < -0.3 is 9.47 Å². The molecule has 10 rings (SSSR count). The zero-order valence-corrected chi connectivity index (χ0v) is 29.7. The van der Waals surface area contributed by atoms with Crippen LogP contribution in [0, 0.1) is 0 Å². The molecule has 0 atom stereocenters. The number of anilines is 3. The van der Waals surface area contributed by atoms with Crippen molar-refractivity contribution in [2.24, 2.45) is 0 Å². The molecule has 1 aromatic heterocycles. The van der Waals surface area contributed by atoms with Crippen molar-refractivity contribution in [2.45, 2.75) is 0 Å². The van der Waals surface area contributed by atoms with E-state index in [0.717, 1.165) is 22.7 Å². The lowest BCUT2D eigenvalue weighted by atomic mass is 9.98. The molecule has 0 aliphatic heterocycles. The van der Waals surface area contributed by atoms with Crippen molar-refractivity contribution >= 4 is 49.6 Å². The van der Waals surface area contributed by atoms with Gasteiger partial charge in [0.1, 0.15) is 0 Å². The van der Waals surface area contributed by atoms with E-state index in [1.807, 2.05) is 0 Å². The van der Waals surface area contributed by atoms with E-state index in [9.17, 15) is 0 Å². The first kappa shape index (κ1) is 31.6. The molecule has 2 nitrogen and oxygen atoms in total. The maximum atomic E-state index is 2.42. The molecule has 0 aliphatic carbocycles. The van der Waals surface area contributed by atoms with Crippen molar-refractivity contribution in [3.8, 4) is 39.1 Å². The van der Waals surface area contributed by atoms with Crippen molar-refractivity contribution in [1.82, 2.24) is 4.57 Å². The highest BCUT2D eigenvalue weighted by Crippen LogP contribution is 2.45. The molecule has 1 heterocycles. The van der Waals surface area contributed by atoms with Crippen LogP contribution in [0.15, 0.2) is 218 Å². The molecule has 0 spiro atoms. The summed E-state index contributed by atoms with van der Waals surface area (Å²) < 4.78 is 2.40. The van der Waals surface area contributed by atoms with Gasteiger partial charge in [0, 0.05) is 33.4 Å². The lowest BCUT2D eigenvalue weighted by Crippen LogP contribution is -2.11. The van der Waals surface area contributed by atoms with E-state index in [2.05, 4.69) is 228 Å². The van der Waals surface area contributed by atoms with Crippen molar-refractivity contribution in [2.75, 3.05) is 4.90 Å².